The number of anilines is 1. The Morgan fingerprint density at radius 1 is 1.10 bits per heavy atom. The lowest BCUT2D eigenvalue weighted by atomic mass is 10.2. The molecule has 156 valence electrons. The van der Waals surface area contributed by atoms with E-state index in [9.17, 15) is 14.9 Å². The lowest BCUT2D eigenvalue weighted by molar-refractivity contribution is -0.385. The number of ether oxygens (including phenoxy) is 1. The third kappa shape index (κ3) is 4.61. The number of rotatable bonds is 6. The van der Waals surface area contributed by atoms with Crippen LogP contribution in [0.2, 0.25) is 10.0 Å². The van der Waals surface area contributed by atoms with Gasteiger partial charge in [-0.15, -0.1) is 11.3 Å². The number of benzene rings is 3. The maximum absolute atomic E-state index is 12.4. The molecule has 0 atom stereocenters. The summed E-state index contributed by atoms with van der Waals surface area (Å²) in [6, 6.07) is 16.7. The first-order chi connectivity index (χ1) is 14.9. The highest BCUT2D eigenvalue weighted by Gasteiger charge is 2.17. The standard InChI is InChI=1S/C21H13Cl2N3O4S/c22-13-10-14(23)16(9-12(13)21-25-15-5-1-4-8-19(15)31-21)24-20(27)11-30-18-7-3-2-6-17(18)26(28)29/h1-10H,11H2,(H,24,27). The smallest absolute Gasteiger partial charge is 0.310 e. The Morgan fingerprint density at radius 3 is 2.61 bits per heavy atom. The van der Waals surface area contributed by atoms with Gasteiger partial charge in [0.05, 0.1) is 30.9 Å². The van der Waals surface area contributed by atoms with E-state index in [1.807, 2.05) is 24.3 Å². The van der Waals surface area contributed by atoms with E-state index in [-0.39, 0.29) is 16.5 Å². The number of carbonyl (C=O) groups excluding carboxylic acids is 1. The van der Waals surface area contributed by atoms with Gasteiger partial charge in [-0.3, -0.25) is 14.9 Å². The van der Waals surface area contributed by atoms with Crippen LogP contribution in [0.3, 0.4) is 0 Å². The second-order valence-corrected chi connectivity index (χ2v) is 8.21. The Hall–Kier alpha value is -3.20. The second kappa shape index (κ2) is 8.89. The zero-order chi connectivity index (χ0) is 22.0. The van der Waals surface area contributed by atoms with E-state index in [2.05, 4.69) is 10.3 Å². The summed E-state index contributed by atoms with van der Waals surface area (Å²) in [7, 11) is 0. The van der Waals surface area contributed by atoms with Crippen molar-refractivity contribution in [2.75, 3.05) is 11.9 Å². The lowest BCUT2D eigenvalue weighted by Gasteiger charge is -2.11. The van der Waals surface area contributed by atoms with Crippen molar-refractivity contribution >= 4 is 62.0 Å². The number of nitrogens with zero attached hydrogens (tertiary/aromatic N) is 2. The number of thiazole rings is 1. The van der Waals surface area contributed by atoms with Crippen LogP contribution in [0.25, 0.3) is 20.8 Å². The monoisotopic (exact) mass is 473 g/mol. The molecule has 1 aromatic heterocycles. The number of hydrogen-bond donors (Lipinski definition) is 1. The number of halogens is 2. The minimum atomic E-state index is -0.576. The Balaban J connectivity index is 1.54. The highest BCUT2D eigenvalue weighted by atomic mass is 35.5. The van der Waals surface area contributed by atoms with Gasteiger partial charge in [0.2, 0.25) is 0 Å². The fraction of sp³-hybridized carbons (Fsp3) is 0.0476. The third-order valence-electron chi connectivity index (χ3n) is 4.28. The summed E-state index contributed by atoms with van der Waals surface area (Å²) < 4.78 is 6.32. The largest absolute Gasteiger partial charge is 0.477 e. The molecule has 4 aromatic rings. The fourth-order valence-electron chi connectivity index (χ4n) is 2.86. The molecule has 0 spiro atoms. The van der Waals surface area contributed by atoms with Crippen LogP contribution in [0.1, 0.15) is 0 Å². The normalized spacial score (nSPS) is 10.8. The van der Waals surface area contributed by atoms with E-state index >= 15 is 0 Å². The quantitative estimate of drug-likeness (QED) is 0.265. The van der Waals surface area contributed by atoms with Crippen LogP contribution in [-0.2, 0) is 4.79 Å². The number of aromatic nitrogens is 1. The van der Waals surface area contributed by atoms with Crippen LogP contribution in [0.5, 0.6) is 5.75 Å². The topological polar surface area (TPSA) is 94.4 Å². The number of carbonyl (C=O) groups is 1. The molecular formula is C21H13Cl2N3O4S. The molecule has 1 heterocycles. The minimum absolute atomic E-state index is 0.0000164. The van der Waals surface area contributed by atoms with Crippen molar-refractivity contribution in [1.82, 2.24) is 4.98 Å². The SMILES string of the molecule is O=C(COc1ccccc1[N+](=O)[O-])Nc1cc(-c2nc3ccccc3s2)c(Cl)cc1Cl. The number of fused-ring (bicyclic) bond motifs is 1. The Kier molecular flexibility index (Phi) is 6.03. The van der Waals surface area contributed by atoms with Gasteiger partial charge in [0.25, 0.3) is 5.91 Å². The molecule has 0 radical (unpaired) electrons. The molecule has 1 N–H and O–H groups in total. The van der Waals surface area contributed by atoms with Crippen molar-refractivity contribution in [1.29, 1.82) is 0 Å². The zero-order valence-electron chi connectivity index (χ0n) is 15.7. The fourth-order valence-corrected chi connectivity index (χ4v) is 4.43. The van der Waals surface area contributed by atoms with Gasteiger partial charge in [-0.1, -0.05) is 47.5 Å². The van der Waals surface area contributed by atoms with Gasteiger partial charge >= 0.3 is 5.69 Å². The van der Waals surface area contributed by atoms with Crippen LogP contribution >= 0.6 is 34.5 Å². The third-order valence-corrected chi connectivity index (χ3v) is 5.97. The Morgan fingerprint density at radius 2 is 1.84 bits per heavy atom. The molecule has 0 fully saturated rings. The molecule has 1 amide bonds. The molecule has 7 nitrogen and oxygen atoms in total. The van der Waals surface area contributed by atoms with Crippen LogP contribution in [0.15, 0.2) is 60.7 Å². The summed E-state index contributed by atoms with van der Waals surface area (Å²) in [6.07, 6.45) is 0. The first-order valence-electron chi connectivity index (χ1n) is 8.93. The van der Waals surface area contributed by atoms with E-state index in [0.717, 1.165) is 10.2 Å². The number of nitro groups is 1. The van der Waals surface area contributed by atoms with Crippen LogP contribution in [0.4, 0.5) is 11.4 Å². The molecule has 0 saturated carbocycles. The molecule has 10 heteroatoms. The molecule has 0 bridgehead atoms. The summed E-state index contributed by atoms with van der Waals surface area (Å²) in [6.45, 7) is -0.430. The van der Waals surface area contributed by atoms with E-state index in [1.165, 1.54) is 35.6 Å². The summed E-state index contributed by atoms with van der Waals surface area (Å²) in [5.41, 5.74) is 1.58. The molecule has 4 rings (SSSR count). The molecular weight excluding hydrogens is 461 g/mol. The van der Waals surface area contributed by atoms with Crippen molar-refractivity contribution in [2.45, 2.75) is 0 Å². The number of nitro benzene ring substituents is 1. The maximum Gasteiger partial charge on any atom is 0.310 e. The average Bonchev–Trinajstić information content (AvgIpc) is 3.18. The van der Waals surface area contributed by atoms with Crippen molar-refractivity contribution in [3.63, 3.8) is 0 Å². The molecule has 0 aliphatic carbocycles. The van der Waals surface area contributed by atoms with E-state index < -0.39 is 17.4 Å². The van der Waals surface area contributed by atoms with E-state index in [0.29, 0.717) is 21.3 Å². The van der Waals surface area contributed by atoms with Crippen molar-refractivity contribution < 1.29 is 14.5 Å². The number of para-hydroxylation sites is 3. The summed E-state index contributed by atoms with van der Waals surface area (Å²) in [4.78, 5) is 27.5. The highest BCUT2D eigenvalue weighted by molar-refractivity contribution is 7.21. The number of nitrogens with one attached hydrogen (secondary N) is 1. The van der Waals surface area contributed by atoms with Gasteiger partial charge in [0.1, 0.15) is 5.01 Å². The first-order valence-corrected chi connectivity index (χ1v) is 10.5. The van der Waals surface area contributed by atoms with Crippen molar-refractivity contribution in [2.24, 2.45) is 0 Å². The molecule has 31 heavy (non-hydrogen) atoms. The molecule has 0 unspecified atom stereocenters. The summed E-state index contributed by atoms with van der Waals surface area (Å²) in [5.74, 6) is -0.530. The summed E-state index contributed by atoms with van der Waals surface area (Å²) in [5, 5.41) is 15.0. The number of amides is 1. The van der Waals surface area contributed by atoms with E-state index in [4.69, 9.17) is 27.9 Å². The van der Waals surface area contributed by atoms with Crippen LogP contribution in [-0.4, -0.2) is 22.4 Å². The maximum atomic E-state index is 12.4. The molecule has 3 aromatic carbocycles. The van der Waals surface area contributed by atoms with Gasteiger partial charge in [-0.05, 0) is 30.3 Å². The summed E-state index contributed by atoms with van der Waals surface area (Å²) >= 11 is 14.1. The average molecular weight is 474 g/mol. The number of hydrogen-bond acceptors (Lipinski definition) is 6. The molecule has 0 aliphatic heterocycles. The molecule has 0 saturated heterocycles. The predicted octanol–water partition coefficient (Wildman–Crippen LogP) is 6.20. The van der Waals surface area contributed by atoms with Crippen LogP contribution in [0, 0.1) is 10.1 Å². The van der Waals surface area contributed by atoms with Gasteiger partial charge in [0.15, 0.2) is 12.4 Å². The minimum Gasteiger partial charge on any atom is -0.477 e. The zero-order valence-corrected chi connectivity index (χ0v) is 18.0. The van der Waals surface area contributed by atoms with Gasteiger partial charge in [-0.25, -0.2) is 4.98 Å². The van der Waals surface area contributed by atoms with Crippen molar-refractivity contribution in [3.8, 4) is 16.3 Å². The van der Waals surface area contributed by atoms with Gasteiger partial charge in [0, 0.05) is 11.6 Å². The highest BCUT2D eigenvalue weighted by Crippen LogP contribution is 2.39. The van der Waals surface area contributed by atoms with E-state index in [1.54, 1.807) is 12.1 Å². The molecule has 0 aliphatic rings. The van der Waals surface area contributed by atoms with Crippen molar-refractivity contribution in [3.05, 3.63) is 80.8 Å². The first kappa shape index (κ1) is 21.0. The lowest BCUT2D eigenvalue weighted by Crippen LogP contribution is -2.20. The second-order valence-electron chi connectivity index (χ2n) is 6.36. The predicted molar refractivity (Wildman–Crippen MR) is 122 cm³/mol. The van der Waals surface area contributed by atoms with Gasteiger partial charge in [-0.2, -0.15) is 0 Å². The van der Waals surface area contributed by atoms with Crippen LogP contribution < -0.4 is 10.1 Å². The Bertz CT molecular complexity index is 1280. The van der Waals surface area contributed by atoms with Gasteiger partial charge < -0.3 is 10.1 Å². The Labute approximate surface area is 190 Å².